The number of hydrogen-bond acceptors (Lipinski definition) is 5. The van der Waals surface area contributed by atoms with E-state index in [0.29, 0.717) is 22.6 Å². The molecule has 6 nitrogen and oxygen atoms in total. The topological polar surface area (TPSA) is 85.6 Å². The van der Waals surface area contributed by atoms with Crippen LogP contribution < -0.4 is 15.1 Å². The molecule has 1 heterocycles. The normalized spacial score (nSPS) is 11.2. The summed E-state index contributed by atoms with van der Waals surface area (Å²) in [5, 5.41) is 0. The number of benzene rings is 3. The molecule has 0 aliphatic carbocycles. The molecular formula is C24H18FNO5S. The molecule has 0 radical (unpaired) electrons. The summed E-state index contributed by atoms with van der Waals surface area (Å²) in [6.07, 6.45) is 0. The van der Waals surface area contributed by atoms with Crippen molar-refractivity contribution < 1.29 is 22.0 Å². The number of nitrogens with one attached hydrogen (secondary N) is 1. The van der Waals surface area contributed by atoms with E-state index in [1.165, 1.54) is 36.4 Å². The van der Waals surface area contributed by atoms with Crippen LogP contribution in [0.15, 0.2) is 99.0 Å². The van der Waals surface area contributed by atoms with Gasteiger partial charge in [-0.15, -0.1) is 0 Å². The smallest absolute Gasteiger partial charge is 0.379 e. The van der Waals surface area contributed by atoms with Gasteiger partial charge < -0.3 is 9.15 Å². The molecule has 162 valence electrons. The van der Waals surface area contributed by atoms with E-state index in [0.717, 1.165) is 0 Å². The maximum Gasteiger partial charge on any atom is 0.379 e. The highest BCUT2D eigenvalue weighted by molar-refractivity contribution is 7.92. The fraction of sp³-hybridized carbons (Fsp3) is 0.0417. The average molecular weight is 451 g/mol. The van der Waals surface area contributed by atoms with E-state index >= 15 is 0 Å². The molecular weight excluding hydrogens is 433 g/mol. The largest absolute Gasteiger partial charge is 0.449 e. The summed E-state index contributed by atoms with van der Waals surface area (Å²) in [7, 11) is -3.79. The Bertz CT molecular complexity index is 1400. The second kappa shape index (κ2) is 8.68. The Morgan fingerprint density at radius 1 is 0.906 bits per heavy atom. The maximum atomic E-state index is 13.2. The standard InChI is InChI=1S/C24H18FNO5S/c1-16-15-22(23(24(27)30-16)31-20-11-9-18(25)10-12-20)17-7-13-21(14-8-17)32(28,29)26-19-5-3-2-4-6-19/h2-15,26H,1H3. The van der Waals surface area contributed by atoms with Crippen molar-refractivity contribution in [3.8, 4) is 22.6 Å². The molecule has 0 unspecified atom stereocenters. The summed E-state index contributed by atoms with van der Waals surface area (Å²) in [4.78, 5) is 12.5. The first kappa shape index (κ1) is 21.3. The van der Waals surface area contributed by atoms with E-state index in [2.05, 4.69) is 4.72 Å². The van der Waals surface area contributed by atoms with Crippen molar-refractivity contribution in [3.05, 3.63) is 107 Å². The van der Waals surface area contributed by atoms with Crippen LogP contribution in [-0.2, 0) is 10.0 Å². The highest BCUT2D eigenvalue weighted by Crippen LogP contribution is 2.32. The number of hydrogen-bond donors (Lipinski definition) is 1. The summed E-state index contributed by atoms with van der Waals surface area (Å²) in [6, 6.07) is 21.4. The second-order valence-corrected chi connectivity index (χ2v) is 8.62. The quantitative estimate of drug-likeness (QED) is 0.427. The lowest BCUT2D eigenvalue weighted by molar-refractivity contribution is 0.410. The summed E-state index contributed by atoms with van der Waals surface area (Å²) in [5.41, 5.74) is 0.717. The molecule has 0 aliphatic heterocycles. The molecule has 3 aromatic carbocycles. The van der Waals surface area contributed by atoms with Crippen LogP contribution in [0.2, 0.25) is 0 Å². The predicted octanol–water partition coefficient (Wildman–Crippen LogP) is 5.35. The molecule has 0 amide bonds. The molecule has 32 heavy (non-hydrogen) atoms. The molecule has 1 aromatic heterocycles. The van der Waals surface area contributed by atoms with Gasteiger partial charge in [0, 0.05) is 11.3 Å². The highest BCUT2D eigenvalue weighted by Gasteiger charge is 2.18. The molecule has 0 saturated carbocycles. The van der Waals surface area contributed by atoms with Crippen LogP contribution in [-0.4, -0.2) is 8.42 Å². The maximum absolute atomic E-state index is 13.2. The van der Waals surface area contributed by atoms with Crippen molar-refractivity contribution in [2.45, 2.75) is 11.8 Å². The van der Waals surface area contributed by atoms with Crippen LogP contribution in [0.25, 0.3) is 11.1 Å². The van der Waals surface area contributed by atoms with Crippen molar-refractivity contribution in [2.75, 3.05) is 4.72 Å². The van der Waals surface area contributed by atoms with Crippen LogP contribution >= 0.6 is 0 Å². The molecule has 0 saturated heterocycles. The summed E-state index contributed by atoms with van der Waals surface area (Å²) in [5.74, 6) is 0.101. The van der Waals surface area contributed by atoms with Crippen molar-refractivity contribution >= 4 is 15.7 Å². The molecule has 0 bridgehead atoms. The number of rotatable bonds is 6. The lowest BCUT2D eigenvalue weighted by Gasteiger charge is -2.12. The van der Waals surface area contributed by atoms with Crippen LogP contribution in [0.4, 0.5) is 10.1 Å². The molecule has 0 fully saturated rings. The first-order chi connectivity index (χ1) is 15.3. The van der Waals surface area contributed by atoms with Crippen molar-refractivity contribution in [1.82, 2.24) is 0 Å². The van der Waals surface area contributed by atoms with E-state index in [9.17, 15) is 17.6 Å². The third-order valence-electron chi connectivity index (χ3n) is 4.57. The Hall–Kier alpha value is -3.91. The molecule has 0 spiro atoms. The SMILES string of the molecule is Cc1cc(-c2ccc(S(=O)(=O)Nc3ccccc3)cc2)c(Oc2ccc(F)cc2)c(=O)o1. The predicted molar refractivity (Wildman–Crippen MR) is 119 cm³/mol. The monoisotopic (exact) mass is 451 g/mol. The lowest BCUT2D eigenvalue weighted by atomic mass is 10.1. The zero-order valence-corrected chi connectivity index (χ0v) is 17.7. The van der Waals surface area contributed by atoms with E-state index in [1.807, 2.05) is 0 Å². The minimum atomic E-state index is -3.79. The lowest BCUT2D eigenvalue weighted by Crippen LogP contribution is -2.12. The number of ether oxygens (including phenoxy) is 1. The fourth-order valence-electron chi connectivity index (χ4n) is 3.07. The summed E-state index contributed by atoms with van der Waals surface area (Å²) in [6.45, 7) is 1.62. The van der Waals surface area contributed by atoms with Gasteiger partial charge in [-0.1, -0.05) is 30.3 Å². The number of sulfonamides is 1. The van der Waals surface area contributed by atoms with Gasteiger partial charge >= 0.3 is 5.63 Å². The molecule has 4 rings (SSSR count). The first-order valence-electron chi connectivity index (χ1n) is 9.58. The first-order valence-corrected chi connectivity index (χ1v) is 11.1. The van der Waals surface area contributed by atoms with Gasteiger partial charge in [0.2, 0.25) is 5.75 Å². The molecule has 0 atom stereocenters. The number of para-hydroxylation sites is 1. The zero-order valence-electron chi connectivity index (χ0n) is 16.9. The summed E-state index contributed by atoms with van der Waals surface area (Å²) < 4.78 is 51.8. The van der Waals surface area contributed by atoms with Crippen molar-refractivity contribution in [3.63, 3.8) is 0 Å². The van der Waals surface area contributed by atoms with Gasteiger partial charge in [-0.05, 0) is 67.1 Å². The van der Waals surface area contributed by atoms with Crippen LogP contribution in [0.5, 0.6) is 11.5 Å². The van der Waals surface area contributed by atoms with Gasteiger partial charge in [-0.3, -0.25) is 4.72 Å². The Kier molecular flexibility index (Phi) is 5.79. The van der Waals surface area contributed by atoms with Gasteiger partial charge in [0.05, 0.1) is 4.90 Å². The minimum Gasteiger partial charge on any atom is -0.449 e. The van der Waals surface area contributed by atoms with Crippen LogP contribution in [0, 0.1) is 12.7 Å². The van der Waals surface area contributed by atoms with Crippen LogP contribution in [0.3, 0.4) is 0 Å². The highest BCUT2D eigenvalue weighted by atomic mass is 32.2. The third kappa shape index (κ3) is 4.70. The van der Waals surface area contributed by atoms with Gasteiger partial charge in [0.15, 0.2) is 0 Å². The van der Waals surface area contributed by atoms with Crippen molar-refractivity contribution in [1.29, 1.82) is 0 Å². The number of aryl methyl sites for hydroxylation is 1. The van der Waals surface area contributed by atoms with Gasteiger partial charge in [-0.25, -0.2) is 17.6 Å². The Labute approximate surface area is 184 Å². The second-order valence-electron chi connectivity index (χ2n) is 6.94. The zero-order chi connectivity index (χ0) is 22.7. The van der Waals surface area contributed by atoms with Gasteiger partial charge in [-0.2, -0.15) is 0 Å². The number of anilines is 1. The fourth-order valence-corrected chi connectivity index (χ4v) is 4.12. The molecule has 4 aromatic rings. The molecule has 8 heteroatoms. The average Bonchev–Trinajstić information content (AvgIpc) is 2.77. The molecule has 1 N–H and O–H groups in total. The van der Waals surface area contributed by atoms with Crippen LogP contribution in [0.1, 0.15) is 5.76 Å². The van der Waals surface area contributed by atoms with E-state index in [1.54, 1.807) is 55.5 Å². The third-order valence-corrected chi connectivity index (χ3v) is 5.96. The van der Waals surface area contributed by atoms with Gasteiger partial charge in [0.25, 0.3) is 10.0 Å². The van der Waals surface area contributed by atoms with E-state index < -0.39 is 21.5 Å². The Morgan fingerprint density at radius 3 is 2.22 bits per heavy atom. The van der Waals surface area contributed by atoms with E-state index in [-0.39, 0.29) is 16.4 Å². The van der Waals surface area contributed by atoms with Crippen molar-refractivity contribution in [2.24, 2.45) is 0 Å². The molecule has 0 aliphatic rings. The number of halogens is 1. The van der Waals surface area contributed by atoms with Gasteiger partial charge in [0.1, 0.15) is 17.3 Å². The summed E-state index contributed by atoms with van der Waals surface area (Å²) >= 11 is 0. The Balaban J connectivity index is 1.68. The minimum absolute atomic E-state index is 0.0609. The Morgan fingerprint density at radius 2 is 1.56 bits per heavy atom. The van der Waals surface area contributed by atoms with E-state index in [4.69, 9.17) is 9.15 Å².